The third kappa shape index (κ3) is 2.87. The number of nitrogens with zero attached hydrogens (tertiary/aromatic N) is 1. The Morgan fingerprint density at radius 1 is 1.08 bits per heavy atom. The minimum absolute atomic E-state index is 0.130. The molecule has 0 radical (unpaired) electrons. The summed E-state index contributed by atoms with van der Waals surface area (Å²) < 4.78 is 5.35. The van der Waals surface area contributed by atoms with Gasteiger partial charge >= 0.3 is 5.97 Å². The van der Waals surface area contributed by atoms with Crippen molar-refractivity contribution < 1.29 is 9.53 Å². The molecule has 0 aromatic heterocycles. The van der Waals surface area contributed by atoms with E-state index in [1.54, 1.807) is 0 Å². The van der Waals surface area contributed by atoms with E-state index in [2.05, 4.69) is 60.4 Å². The highest BCUT2D eigenvalue weighted by molar-refractivity contribution is 6.00. The zero-order valence-corrected chi connectivity index (χ0v) is 13.9. The van der Waals surface area contributed by atoms with E-state index >= 15 is 0 Å². The predicted molar refractivity (Wildman–Crippen MR) is 94.3 cm³/mol. The average Bonchev–Trinajstić information content (AvgIpc) is 2.97. The molecule has 1 saturated heterocycles. The van der Waals surface area contributed by atoms with Gasteiger partial charge in [-0.3, -0.25) is 4.90 Å². The fourth-order valence-corrected chi connectivity index (χ4v) is 3.67. The van der Waals surface area contributed by atoms with Gasteiger partial charge in [-0.15, -0.1) is 0 Å². The van der Waals surface area contributed by atoms with Gasteiger partial charge in [-0.25, -0.2) is 4.79 Å². The third-order valence-corrected chi connectivity index (χ3v) is 4.88. The summed E-state index contributed by atoms with van der Waals surface area (Å²) in [7, 11) is 0. The predicted octanol–water partition coefficient (Wildman–Crippen LogP) is 3.44. The van der Waals surface area contributed by atoms with Gasteiger partial charge in [0.1, 0.15) is 0 Å². The number of aryl methyl sites for hydroxylation is 1. The van der Waals surface area contributed by atoms with Gasteiger partial charge in [0.2, 0.25) is 0 Å². The zero-order chi connectivity index (χ0) is 16.5. The van der Waals surface area contributed by atoms with E-state index in [1.807, 2.05) is 6.07 Å². The Labute approximate surface area is 142 Å². The van der Waals surface area contributed by atoms with Crippen LogP contribution in [0.15, 0.2) is 60.2 Å². The molecular weight excluding hydrogens is 298 g/mol. The quantitative estimate of drug-likeness (QED) is 0.812. The first-order valence-electron chi connectivity index (χ1n) is 8.44. The van der Waals surface area contributed by atoms with E-state index in [0.717, 1.165) is 36.3 Å². The van der Waals surface area contributed by atoms with E-state index in [0.29, 0.717) is 6.61 Å². The highest BCUT2D eigenvalue weighted by atomic mass is 16.5. The summed E-state index contributed by atoms with van der Waals surface area (Å²) in [6.07, 6.45) is 0. The molecule has 1 fully saturated rings. The molecule has 0 bridgehead atoms. The number of hydrogen-bond donors (Lipinski definition) is 0. The fraction of sp³-hybridized carbons (Fsp3) is 0.286. The van der Waals surface area contributed by atoms with Crippen LogP contribution in [0.4, 0.5) is 0 Å². The van der Waals surface area contributed by atoms with Crippen molar-refractivity contribution in [2.24, 2.45) is 5.92 Å². The summed E-state index contributed by atoms with van der Waals surface area (Å²) in [5.41, 5.74) is 5.69. The summed E-state index contributed by atoms with van der Waals surface area (Å²) in [5.74, 6) is 0.0567. The van der Waals surface area contributed by atoms with Crippen LogP contribution in [-0.4, -0.2) is 30.6 Å². The van der Waals surface area contributed by atoms with Crippen LogP contribution in [0.3, 0.4) is 0 Å². The summed E-state index contributed by atoms with van der Waals surface area (Å²) in [6.45, 7) is 5.16. The van der Waals surface area contributed by atoms with Crippen molar-refractivity contribution >= 4 is 11.5 Å². The molecule has 24 heavy (non-hydrogen) atoms. The minimum Gasteiger partial charge on any atom is -0.462 e. The molecule has 0 N–H and O–H groups in total. The third-order valence-electron chi connectivity index (χ3n) is 4.88. The zero-order valence-electron chi connectivity index (χ0n) is 13.9. The lowest BCUT2D eigenvalue weighted by Gasteiger charge is -2.32. The first-order valence-corrected chi connectivity index (χ1v) is 8.44. The standard InChI is InChI=1S/C21H21NO2/c1-15-7-9-17(10-8-15)19-13-22(11-16-5-3-2-4-6-16)12-18-14-24-21(23)20(18)19/h2-10,18H,11-14H2,1H3. The lowest BCUT2D eigenvalue weighted by molar-refractivity contribution is -0.135. The van der Waals surface area contributed by atoms with E-state index in [9.17, 15) is 4.79 Å². The van der Waals surface area contributed by atoms with Crippen LogP contribution >= 0.6 is 0 Å². The Hall–Kier alpha value is -2.39. The second kappa shape index (κ2) is 6.25. The molecule has 3 heteroatoms. The normalized spacial score (nSPS) is 20.9. The number of rotatable bonds is 3. The highest BCUT2D eigenvalue weighted by Crippen LogP contribution is 2.35. The van der Waals surface area contributed by atoms with E-state index in [1.165, 1.54) is 11.1 Å². The Balaban J connectivity index is 1.67. The van der Waals surface area contributed by atoms with Crippen molar-refractivity contribution in [1.82, 2.24) is 4.90 Å². The van der Waals surface area contributed by atoms with Crippen LogP contribution in [0.1, 0.15) is 16.7 Å². The Morgan fingerprint density at radius 2 is 1.83 bits per heavy atom. The van der Waals surface area contributed by atoms with Crippen molar-refractivity contribution in [3.63, 3.8) is 0 Å². The first-order chi connectivity index (χ1) is 11.7. The molecule has 0 aliphatic carbocycles. The van der Waals surface area contributed by atoms with Crippen LogP contribution < -0.4 is 0 Å². The van der Waals surface area contributed by atoms with Gasteiger partial charge in [0.05, 0.1) is 12.2 Å². The van der Waals surface area contributed by atoms with Crippen LogP contribution in [-0.2, 0) is 16.1 Å². The number of cyclic esters (lactones) is 1. The van der Waals surface area contributed by atoms with Gasteiger partial charge in [-0.2, -0.15) is 0 Å². The molecule has 2 aliphatic heterocycles. The summed E-state index contributed by atoms with van der Waals surface area (Å²) in [4.78, 5) is 14.6. The molecule has 2 heterocycles. The topological polar surface area (TPSA) is 29.5 Å². The van der Waals surface area contributed by atoms with E-state index < -0.39 is 0 Å². The van der Waals surface area contributed by atoms with Crippen molar-refractivity contribution in [2.75, 3.05) is 19.7 Å². The first kappa shape index (κ1) is 15.2. The van der Waals surface area contributed by atoms with Gasteiger partial charge in [0.25, 0.3) is 0 Å². The van der Waals surface area contributed by atoms with E-state index in [4.69, 9.17) is 4.74 Å². The highest BCUT2D eigenvalue weighted by Gasteiger charge is 2.38. The van der Waals surface area contributed by atoms with Gasteiger partial charge in [-0.05, 0) is 23.6 Å². The second-order valence-electron chi connectivity index (χ2n) is 6.71. The van der Waals surface area contributed by atoms with Crippen LogP contribution in [0.2, 0.25) is 0 Å². The average molecular weight is 319 g/mol. The molecule has 3 nitrogen and oxygen atoms in total. The Bertz CT molecular complexity index is 777. The molecule has 1 atom stereocenters. The number of carbonyl (C=O) groups excluding carboxylic acids is 1. The molecule has 4 rings (SSSR count). The molecular formula is C21H21NO2. The van der Waals surface area contributed by atoms with Crippen molar-refractivity contribution in [3.05, 3.63) is 76.9 Å². The summed E-state index contributed by atoms with van der Waals surface area (Å²) in [5, 5.41) is 0. The SMILES string of the molecule is Cc1ccc(C2=C3C(=O)OCC3CN(Cc3ccccc3)C2)cc1. The molecule has 2 aromatic rings. The summed E-state index contributed by atoms with van der Waals surface area (Å²) >= 11 is 0. The van der Waals surface area contributed by atoms with Crippen molar-refractivity contribution in [1.29, 1.82) is 0 Å². The fourth-order valence-electron chi connectivity index (χ4n) is 3.67. The largest absolute Gasteiger partial charge is 0.462 e. The number of esters is 1. The van der Waals surface area contributed by atoms with Crippen LogP contribution in [0.5, 0.6) is 0 Å². The van der Waals surface area contributed by atoms with E-state index in [-0.39, 0.29) is 11.9 Å². The molecule has 1 unspecified atom stereocenters. The van der Waals surface area contributed by atoms with Crippen LogP contribution in [0.25, 0.3) is 5.57 Å². The molecule has 0 amide bonds. The number of benzene rings is 2. The Kier molecular flexibility index (Phi) is 3.95. The van der Waals surface area contributed by atoms with Gasteiger partial charge in [0.15, 0.2) is 0 Å². The van der Waals surface area contributed by atoms with Crippen molar-refractivity contribution in [2.45, 2.75) is 13.5 Å². The molecule has 0 saturated carbocycles. The van der Waals surface area contributed by atoms with Gasteiger partial charge in [-0.1, -0.05) is 60.2 Å². The molecule has 122 valence electrons. The second-order valence-corrected chi connectivity index (χ2v) is 6.71. The molecule has 2 aromatic carbocycles. The van der Waals surface area contributed by atoms with Crippen LogP contribution in [0, 0.1) is 12.8 Å². The van der Waals surface area contributed by atoms with Gasteiger partial charge < -0.3 is 4.74 Å². The number of carbonyl (C=O) groups is 1. The maximum absolute atomic E-state index is 12.2. The lowest BCUT2D eigenvalue weighted by Crippen LogP contribution is -2.36. The smallest absolute Gasteiger partial charge is 0.334 e. The number of fused-ring (bicyclic) bond motifs is 1. The van der Waals surface area contributed by atoms with Crippen molar-refractivity contribution in [3.8, 4) is 0 Å². The number of hydrogen-bond acceptors (Lipinski definition) is 3. The minimum atomic E-state index is -0.130. The maximum atomic E-state index is 12.2. The monoisotopic (exact) mass is 319 g/mol. The Morgan fingerprint density at radius 3 is 2.58 bits per heavy atom. The molecule has 2 aliphatic rings. The molecule has 0 spiro atoms. The van der Waals surface area contributed by atoms with Gasteiger partial charge in [0, 0.05) is 25.6 Å². The summed E-state index contributed by atoms with van der Waals surface area (Å²) in [6, 6.07) is 18.9. The lowest BCUT2D eigenvalue weighted by atomic mass is 9.87. The maximum Gasteiger partial charge on any atom is 0.334 e. The number of ether oxygens (including phenoxy) is 1.